The lowest BCUT2D eigenvalue weighted by Gasteiger charge is -2.52. The molecule has 0 amide bonds. The van der Waals surface area contributed by atoms with E-state index in [0.29, 0.717) is 25.7 Å². The third-order valence-corrected chi connectivity index (χ3v) is 4.77. The minimum atomic E-state index is -1.06. The molecule has 98 valence electrons. The van der Waals surface area contributed by atoms with Crippen LogP contribution in [0.25, 0.3) is 0 Å². The van der Waals surface area contributed by atoms with Gasteiger partial charge in [0.1, 0.15) is 5.41 Å². The van der Waals surface area contributed by atoms with Crippen LogP contribution in [0.2, 0.25) is 0 Å². The number of aliphatic carboxylic acids is 1. The van der Waals surface area contributed by atoms with Crippen molar-refractivity contribution in [1.29, 1.82) is 0 Å². The van der Waals surface area contributed by atoms with Crippen molar-refractivity contribution in [2.75, 3.05) is 7.11 Å². The van der Waals surface area contributed by atoms with Crippen LogP contribution >= 0.6 is 0 Å². The van der Waals surface area contributed by atoms with Gasteiger partial charge in [0.2, 0.25) is 0 Å². The monoisotopic (exact) mass is 242 g/mol. The Morgan fingerprint density at radius 3 is 2.24 bits per heavy atom. The fourth-order valence-electron chi connectivity index (χ4n) is 3.56. The van der Waals surface area contributed by atoms with Gasteiger partial charge in [0.25, 0.3) is 0 Å². The molecule has 0 aromatic heterocycles. The van der Waals surface area contributed by atoms with Gasteiger partial charge in [-0.15, -0.1) is 0 Å². The highest BCUT2D eigenvalue weighted by atomic mass is 16.5. The van der Waals surface area contributed by atoms with E-state index in [0.717, 1.165) is 6.42 Å². The third kappa shape index (κ3) is 1.78. The number of rotatable bonds is 3. The Morgan fingerprint density at radius 1 is 1.29 bits per heavy atom. The summed E-state index contributed by atoms with van der Waals surface area (Å²) in [5.41, 5.74) is -2.01. The minimum absolute atomic E-state index is 0.0150. The van der Waals surface area contributed by atoms with Crippen LogP contribution in [-0.2, 0) is 9.53 Å². The largest absolute Gasteiger partial charge is 0.481 e. The number of hydrogen-bond acceptors (Lipinski definition) is 3. The molecule has 1 unspecified atom stereocenters. The lowest BCUT2D eigenvalue weighted by molar-refractivity contribution is -0.206. The SMILES string of the molecule is COC1CC(C(=O)O)(C2(O)CCC(C)(C)C2)C1. The highest BCUT2D eigenvalue weighted by Gasteiger charge is 2.65. The predicted octanol–water partition coefficient (Wildman–Crippen LogP) is 1.81. The molecule has 17 heavy (non-hydrogen) atoms. The topological polar surface area (TPSA) is 66.8 Å². The molecule has 0 bridgehead atoms. The van der Waals surface area contributed by atoms with Crippen molar-refractivity contribution >= 4 is 5.97 Å². The normalized spacial score (nSPS) is 44.4. The second-order valence-corrected chi connectivity index (χ2v) is 6.53. The number of hydrogen-bond donors (Lipinski definition) is 2. The van der Waals surface area contributed by atoms with Gasteiger partial charge in [-0.25, -0.2) is 0 Å². The smallest absolute Gasteiger partial charge is 0.312 e. The first-order chi connectivity index (χ1) is 7.75. The maximum Gasteiger partial charge on any atom is 0.312 e. The molecule has 0 saturated heterocycles. The van der Waals surface area contributed by atoms with Gasteiger partial charge in [-0.2, -0.15) is 0 Å². The van der Waals surface area contributed by atoms with E-state index in [-0.39, 0.29) is 11.5 Å². The Kier molecular flexibility index (Phi) is 2.79. The zero-order valence-corrected chi connectivity index (χ0v) is 10.8. The number of methoxy groups -OCH3 is 1. The summed E-state index contributed by atoms with van der Waals surface area (Å²) in [6.45, 7) is 4.18. The first-order valence-electron chi connectivity index (χ1n) is 6.23. The highest BCUT2D eigenvalue weighted by molar-refractivity contribution is 5.78. The third-order valence-electron chi connectivity index (χ3n) is 4.77. The van der Waals surface area contributed by atoms with Crippen LogP contribution in [0.3, 0.4) is 0 Å². The molecule has 4 nitrogen and oxygen atoms in total. The Labute approximate surface area is 102 Å². The average molecular weight is 242 g/mol. The van der Waals surface area contributed by atoms with Crippen LogP contribution in [0, 0.1) is 10.8 Å². The molecule has 0 spiro atoms. The van der Waals surface area contributed by atoms with Crippen LogP contribution in [-0.4, -0.2) is 35.0 Å². The second kappa shape index (κ2) is 3.69. The molecule has 0 aromatic carbocycles. The summed E-state index contributed by atoms with van der Waals surface area (Å²) in [5.74, 6) is -0.869. The Balaban J connectivity index is 2.22. The fourth-order valence-corrected chi connectivity index (χ4v) is 3.56. The summed E-state index contributed by atoms with van der Waals surface area (Å²) in [5, 5.41) is 20.2. The van der Waals surface area contributed by atoms with Crippen molar-refractivity contribution in [3.63, 3.8) is 0 Å². The summed E-state index contributed by atoms with van der Waals surface area (Å²) in [4.78, 5) is 11.6. The van der Waals surface area contributed by atoms with E-state index < -0.39 is 17.0 Å². The average Bonchev–Trinajstić information content (AvgIpc) is 2.39. The van der Waals surface area contributed by atoms with Crippen LogP contribution in [0.5, 0.6) is 0 Å². The van der Waals surface area contributed by atoms with Crippen LogP contribution in [0.15, 0.2) is 0 Å². The van der Waals surface area contributed by atoms with Crippen molar-refractivity contribution in [3.8, 4) is 0 Å². The van der Waals surface area contributed by atoms with E-state index in [1.807, 2.05) is 0 Å². The molecular weight excluding hydrogens is 220 g/mol. The number of carboxylic acid groups (broad SMARTS) is 1. The maximum atomic E-state index is 11.6. The molecule has 2 aliphatic rings. The zero-order valence-electron chi connectivity index (χ0n) is 10.8. The zero-order chi connectivity index (χ0) is 12.9. The van der Waals surface area contributed by atoms with Gasteiger partial charge in [-0.3, -0.25) is 4.79 Å². The molecule has 0 aromatic rings. The van der Waals surface area contributed by atoms with Gasteiger partial charge >= 0.3 is 5.97 Å². The number of ether oxygens (including phenoxy) is 1. The molecule has 0 aliphatic heterocycles. The Morgan fingerprint density at radius 2 is 1.88 bits per heavy atom. The summed E-state index contributed by atoms with van der Waals surface area (Å²) < 4.78 is 5.17. The van der Waals surface area contributed by atoms with E-state index in [4.69, 9.17) is 4.74 Å². The second-order valence-electron chi connectivity index (χ2n) is 6.53. The summed E-state index contributed by atoms with van der Waals surface area (Å²) in [6, 6.07) is 0. The van der Waals surface area contributed by atoms with E-state index in [1.165, 1.54) is 0 Å². The van der Waals surface area contributed by atoms with Crippen molar-refractivity contribution in [3.05, 3.63) is 0 Å². The predicted molar refractivity (Wildman–Crippen MR) is 62.7 cm³/mol. The molecular formula is C13H22O4. The van der Waals surface area contributed by atoms with Crippen molar-refractivity contribution in [2.45, 2.75) is 57.7 Å². The van der Waals surface area contributed by atoms with E-state index >= 15 is 0 Å². The number of carbonyl (C=O) groups is 1. The quantitative estimate of drug-likeness (QED) is 0.792. The van der Waals surface area contributed by atoms with Gasteiger partial charge in [-0.1, -0.05) is 13.8 Å². The lowest BCUT2D eigenvalue weighted by Crippen LogP contribution is -2.61. The van der Waals surface area contributed by atoms with E-state index in [2.05, 4.69) is 13.8 Å². The number of carboxylic acids is 1. The van der Waals surface area contributed by atoms with E-state index in [1.54, 1.807) is 7.11 Å². The van der Waals surface area contributed by atoms with Gasteiger partial charge in [-0.05, 0) is 37.5 Å². The molecule has 4 heteroatoms. The minimum Gasteiger partial charge on any atom is -0.481 e. The van der Waals surface area contributed by atoms with E-state index in [9.17, 15) is 15.0 Å². The molecule has 2 fully saturated rings. The van der Waals surface area contributed by atoms with Crippen molar-refractivity contribution in [1.82, 2.24) is 0 Å². The molecule has 2 N–H and O–H groups in total. The molecule has 0 radical (unpaired) electrons. The first kappa shape index (κ1) is 12.8. The summed E-state index contributed by atoms with van der Waals surface area (Å²) in [6.07, 6.45) is 2.90. The summed E-state index contributed by atoms with van der Waals surface area (Å²) in [7, 11) is 1.60. The van der Waals surface area contributed by atoms with Crippen molar-refractivity contribution < 1.29 is 19.7 Å². The van der Waals surface area contributed by atoms with Crippen molar-refractivity contribution in [2.24, 2.45) is 10.8 Å². The molecule has 2 aliphatic carbocycles. The van der Waals surface area contributed by atoms with Gasteiger partial charge in [0, 0.05) is 7.11 Å². The van der Waals surface area contributed by atoms with Crippen LogP contribution < -0.4 is 0 Å². The van der Waals surface area contributed by atoms with Gasteiger partial charge in [0.05, 0.1) is 11.7 Å². The van der Waals surface area contributed by atoms with Gasteiger partial charge in [0.15, 0.2) is 0 Å². The standard InChI is InChI=1S/C13H22O4/c1-11(2)4-5-13(16,8-11)12(10(14)15)6-9(7-12)17-3/h9,16H,4-8H2,1-3H3,(H,14,15). The number of aliphatic hydroxyl groups is 1. The molecule has 0 heterocycles. The summed E-state index contributed by atoms with van der Waals surface area (Å²) >= 11 is 0. The van der Waals surface area contributed by atoms with Crippen LogP contribution in [0.4, 0.5) is 0 Å². The van der Waals surface area contributed by atoms with Gasteiger partial charge < -0.3 is 14.9 Å². The molecule has 2 rings (SSSR count). The maximum absolute atomic E-state index is 11.6. The molecule has 1 atom stereocenters. The molecule has 2 saturated carbocycles. The van der Waals surface area contributed by atoms with Crippen LogP contribution in [0.1, 0.15) is 46.0 Å². The Bertz CT molecular complexity index is 330. The lowest BCUT2D eigenvalue weighted by atomic mass is 9.56. The first-order valence-corrected chi connectivity index (χ1v) is 6.23. The fraction of sp³-hybridized carbons (Fsp3) is 0.923. The highest BCUT2D eigenvalue weighted by Crippen LogP contribution is 2.60. The Hall–Kier alpha value is -0.610.